The van der Waals surface area contributed by atoms with E-state index in [1.807, 2.05) is 13.8 Å². The Morgan fingerprint density at radius 3 is 1.67 bits per heavy atom. The molecule has 0 amide bonds. The molecule has 0 aromatic rings. The van der Waals surface area contributed by atoms with E-state index in [1.165, 1.54) is 0 Å². The van der Waals surface area contributed by atoms with Gasteiger partial charge in [0.15, 0.2) is 5.25 Å². The van der Waals surface area contributed by atoms with Crippen LogP contribution in [0.4, 0.5) is 0 Å². The van der Waals surface area contributed by atoms with Gasteiger partial charge < -0.3 is 9.47 Å². The van der Waals surface area contributed by atoms with Crippen molar-refractivity contribution in [1.82, 2.24) is 0 Å². The first-order valence-corrected chi connectivity index (χ1v) is 12.0. The Morgan fingerprint density at radius 1 is 0.867 bits per heavy atom. The molecule has 0 aliphatic heterocycles. The van der Waals surface area contributed by atoms with E-state index in [1.54, 1.807) is 0 Å². The van der Waals surface area contributed by atoms with Crippen LogP contribution >= 0.6 is 0 Å². The van der Waals surface area contributed by atoms with E-state index in [4.69, 9.17) is 9.47 Å². The van der Waals surface area contributed by atoms with Crippen LogP contribution in [0, 0.1) is 11.8 Å². The van der Waals surface area contributed by atoms with Gasteiger partial charge in [-0.15, -0.1) is 0 Å². The van der Waals surface area contributed by atoms with Crippen molar-refractivity contribution in [3.8, 4) is 0 Å². The van der Waals surface area contributed by atoms with Crippen LogP contribution in [-0.4, -0.2) is 81.3 Å². The summed E-state index contributed by atoms with van der Waals surface area (Å²) >= 11 is 0. The molecule has 3 unspecified atom stereocenters. The van der Waals surface area contributed by atoms with E-state index in [2.05, 4.69) is 13.8 Å². The van der Waals surface area contributed by atoms with Gasteiger partial charge in [-0.25, -0.2) is 0 Å². The zero-order chi connectivity index (χ0) is 21.6. The molecule has 0 aliphatic rings. The summed E-state index contributed by atoms with van der Waals surface area (Å²) in [7, 11) is -4.76. The molecule has 0 bridgehead atoms. The third kappa shape index (κ3) is 15.7. The van der Waals surface area contributed by atoms with Crippen molar-refractivity contribution in [2.45, 2.75) is 90.7 Å². The summed E-state index contributed by atoms with van der Waals surface area (Å²) in [6.07, 6.45) is 6.74. The molecular formula is C20H42BNaO7S. The topological polar surface area (TPSA) is 107 Å². The second kappa shape index (κ2) is 19.6. The summed E-state index contributed by atoms with van der Waals surface area (Å²) in [5, 5.41) is -1.95. The van der Waals surface area contributed by atoms with Gasteiger partial charge >= 0.3 is 41.5 Å². The fourth-order valence-electron chi connectivity index (χ4n) is 2.82. The monoisotopic (exact) mass is 460 g/mol. The second-order valence-electron chi connectivity index (χ2n) is 7.35. The molecule has 0 aromatic carbocycles. The SMILES string of the molecule is B.CCCCC(CC)COC(=O)CC(C(=O)OCC(CC)CCCC)S(=O)(=O)O.[NaH]. The quantitative estimate of drug-likeness (QED) is 0.214. The minimum atomic E-state index is -4.76. The van der Waals surface area contributed by atoms with E-state index in [9.17, 15) is 22.6 Å². The number of hydrogen-bond acceptors (Lipinski definition) is 6. The Labute approximate surface area is 207 Å². The van der Waals surface area contributed by atoms with Crippen LogP contribution in [0.1, 0.15) is 85.5 Å². The van der Waals surface area contributed by atoms with Crippen LogP contribution in [0.2, 0.25) is 0 Å². The first-order valence-electron chi connectivity index (χ1n) is 10.5. The van der Waals surface area contributed by atoms with Gasteiger partial charge in [-0.3, -0.25) is 14.1 Å². The Bertz CT molecular complexity index is 557. The van der Waals surface area contributed by atoms with Gasteiger partial charge in [0.2, 0.25) is 0 Å². The molecule has 0 radical (unpaired) electrons. The average molecular weight is 460 g/mol. The number of rotatable bonds is 16. The molecule has 0 saturated carbocycles. The molecule has 0 saturated heterocycles. The van der Waals surface area contributed by atoms with Crippen LogP contribution in [0.5, 0.6) is 0 Å². The molecule has 0 heterocycles. The first kappa shape index (κ1) is 34.5. The first-order chi connectivity index (χ1) is 13.2. The molecule has 7 nitrogen and oxygen atoms in total. The standard InChI is InChI=1S/C20H38O7S.BH3.Na.H/c1-5-9-11-16(7-3)14-26-19(21)13-18(28(23,24)25)20(22)27-15-17(8-4)12-10-6-2;;;/h16-18H,5-15H2,1-4H3,(H,23,24,25);1H3;;. The van der Waals surface area contributed by atoms with E-state index in [0.29, 0.717) is 0 Å². The second-order valence-corrected chi connectivity index (χ2v) is 8.95. The fraction of sp³-hybridized carbons (Fsp3) is 0.900. The molecular weight excluding hydrogens is 418 g/mol. The Hall–Kier alpha value is -0.0851. The van der Waals surface area contributed by atoms with Gasteiger partial charge in [0.05, 0.1) is 28.0 Å². The van der Waals surface area contributed by atoms with Gasteiger partial charge in [0.1, 0.15) is 0 Å². The van der Waals surface area contributed by atoms with Crippen LogP contribution < -0.4 is 0 Å². The summed E-state index contributed by atoms with van der Waals surface area (Å²) in [4.78, 5) is 24.2. The van der Waals surface area contributed by atoms with E-state index in [-0.39, 0.29) is 63.0 Å². The van der Waals surface area contributed by atoms with Crippen molar-refractivity contribution in [3.63, 3.8) is 0 Å². The number of ether oxygens (including phenoxy) is 2. The fourth-order valence-corrected chi connectivity index (χ4v) is 3.48. The predicted octanol–water partition coefficient (Wildman–Crippen LogP) is 2.32. The Kier molecular flexibility index (Phi) is 22.5. The molecule has 1 N–H and O–H groups in total. The van der Waals surface area contributed by atoms with E-state index >= 15 is 0 Å². The maximum absolute atomic E-state index is 12.2. The normalized spacial score (nSPS) is 13.9. The van der Waals surface area contributed by atoms with E-state index < -0.39 is 33.7 Å². The molecule has 10 heteroatoms. The maximum atomic E-state index is 12.2. The third-order valence-electron chi connectivity index (χ3n) is 5.00. The zero-order valence-corrected chi connectivity index (χ0v) is 18.6. The Balaban J connectivity index is -0.00000364. The molecule has 174 valence electrons. The summed E-state index contributed by atoms with van der Waals surface area (Å²) in [5.74, 6) is -1.61. The molecule has 30 heavy (non-hydrogen) atoms. The minimum absolute atomic E-state index is 0. The zero-order valence-electron chi connectivity index (χ0n) is 17.8. The number of unbranched alkanes of at least 4 members (excludes halogenated alkanes) is 2. The van der Waals surface area contributed by atoms with Crippen molar-refractivity contribution >= 4 is 60.0 Å². The third-order valence-corrected chi connectivity index (χ3v) is 6.08. The van der Waals surface area contributed by atoms with Gasteiger partial charge in [0, 0.05) is 0 Å². The number of esters is 2. The molecule has 0 aliphatic carbocycles. The summed E-state index contributed by atoms with van der Waals surface area (Å²) in [5.41, 5.74) is 0. The number of carbonyl (C=O) groups is 2. The van der Waals surface area contributed by atoms with Crippen molar-refractivity contribution < 1.29 is 32.0 Å². The van der Waals surface area contributed by atoms with Crippen molar-refractivity contribution in [2.75, 3.05) is 13.2 Å². The van der Waals surface area contributed by atoms with Gasteiger partial charge in [-0.05, 0) is 24.7 Å². The molecule has 0 spiro atoms. The summed E-state index contributed by atoms with van der Waals surface area (Å²) in [6.45, 7) is 8.35. The van der Waals surface area contributed by atoms with Crippen LogP contribution in [0.25, 0.3) is 0 Å². The number of carbonyl (C=O) groups excluding carboxylic acids is 2. The molecule has 0 aromatic heterocycles. The summed E-state index contributed by atoms with van der Waals surface area (Å²) < 4.78 is 42.8. The molecule has 3 atom stereocenters. The van der Waals surface area contributed by atoms with Crippen LogP contribution in [0.3, 0.4) is 0 Å². The van der Waals surface area contributed by atoms with Crippen LogP contribution in [0.15, 0.2) is 0 Å². The average Bonchev–Trinajstić information content (AvgIpc) is 2.65. The van der Waals surface area contributed by atoms with Crippen LogP contribution in [-0.2, 0) is 29.2 Å². The van der Waals surface area contributed by atoms with Gasteiger partial charge in [-0.1, -0.05) is 66.2 Å². The van der Waals surface area contributed by atoms with Crippen molar-refractivity contribution in [3.05, 3.63) is 0 Å². The number of hydrogen-bond donors (Lipinski definition) is 1. The van der Waals surface area contributed by atoms with E-state index in [0.717, 1.165) is 51.4 Å². The predicted molar refractivity (Wildman–Crippen MR) is 126 cm³/mol. The molecule has 0 rings (SSSR count). The Morgan fingerprint density at radius 2 is 1.30 bits per heavy atom. The van der Waals surface area contributed by atoms with Gasteiger partial charge in [0.25, 0.3) is 10.1 Å². The molecule has 0 fully saturated rings. The van der Waals surface area contributed by atoms with Gasteiger partial charge in [-0.2, -0.15) is 8.42 Å². The van der Waals surface area contributed by atoms with Crippen molar-refractivity contribution in [2.24, 2.45) is 11.8 Å². The van der Waals surface area contributed by atoms with Crippen molar-refractivity contribution in [1.29, 1.82) is 0 Å². The summed E-state index contributed by atoms with van der Waals surface area (Å²) in [6, 6.07) is 0.